The lowest BCUT2D eigenvalue weighted by atomic mass is 9.79. The third-order valence-corrected chi connectivity index (χ3v) is 5.62. The Morgan fingerprint density at radius 3 is 2.50 bits per heavy atom. The van der Waals surface area contributed by atoms with Crippen molar-refractivity contribution in [3.63, 3.8) is 0 Å². The molecule has 0 bridgehead atoms. The molecule has 0 aromatic heterocycles. The average Bonchev–Trinajstić information content (AvgIpc) is 2.63. The molecule has 0 aromatic carbocycles. The van der Waals surface area contributed by atoms with Crippen LogP contribution in [0.15, 0.2) is 0 Å². The Morgan fingerprint density at radius 2 is 2.06 bits per heavy atom. The fourth-order valence-corrected chi connectivity index (χ4v) is 4.30. The Kier molecular flexibility index (Phi) is 3.50. The van der Waals surface area contributed by atoms with Gasteiger partial charge in [-0.05, 0) is 37.5 Å². The van der Waals surface area contributed by atoms with E-state index in [1.165, 1.54) is 12.8 Å². The molecule has 1 saturated heterocycles. The molecule has 1 aliphatic carbocycles. The standard InChI is InChI=1S/C12H21NO2S/c1-8(2)9-3-5-12(6-4-9)13-10(7-16-12)11(14)15/h8-10,13H,3-7H2,1-2H3,(H,14,15). The Hall–Kier alpha value is -0.220. The molecule has 1 aliphatic heterocycles. The molecular weight excluding hydrogens is 222 g/mol. The number of carboxylic acid groups (broad SMARTS) is 1. The third-order valence-electron chi connectivity index (χ3n) is 4.04. The number of hydrogen-bond acceptors (Lipinski definition) is 3. The quantitative estimate of drug-likeness (QED) is 0.781. The van der Waals surface area contributed by atoms with Crippen LogP contribution in [0.5, 0.6) is 0 Å². The van der Waals surface area contributed by atoms with Gasteiger partial charge < -0.3 is 5.11 Å². The van der Waals surface area contributed by atoms with Gasteiger partial charge in [-0.2, -0.15) is 0 Å². The maximum atomic E-state index is 10.9. The summed E-state index contributed by atoms with van der Waals surface area (Å²) in [6.07, 6.45) is 4.74. The first-order chi connectivity index (χ1) is 7.52. The van der Waals surface area contributed by atoms with Crippen molar-refractivity contribution in [2.75, 3.05) is 5.75 Å². The van der Waals surface area contributed by atoms with Crippen LogP contribution in [0.3, 0.4) is 0 Å². The van der Waals surface area contributed by atoms with Crippen molar-refractivity contribution in [1.29, 1.82) is 0 Å². The minimum atomic E-state index is -0.699. The van der Waals surface area contributed by atoms with E-state index < -0.39 is 5.97 Å². The van der Waals surface area contributed by atoms with E-state index in [0.29, 0.717) is 0 Å². The Morgan fingerprint density at radius 1 is 1.44 bits per heavy atom. The normalized spacial score (nSPS) is 39.4. The van der Waals surface area contributed by atoms with Gasteiger partial charge in [-0.25, -0.2) is 0 Å². The molecule has 16 heavy (non-hydrogen) atoms. The van der Waals surface area contributed by atoms with Crippen molar-refractivity contribution < 1.29 is 9.90 Å². The van der Waals surface area contributed by atoms with Crippen LogP contribution in [0.25, 0.3) is 0 Å². The van der Waals surface area contributed by atoms with Crippen LogP contribution in [-0.2, 0) is 4.79 Å². The fourth-order valence-electron chi connectivity index (χ4n) is 2.84. The van der Waals surface area contributed by atoms with Crippen molar-refractivity contribution in [2.24, 2.45) is 11.8 Å². The number of nitrogens with one attached hydrogen (secondary N) is 1. The zero-order chi connectivity index (χ0) is 11.8. The highest BCUT2D eigenvalue weighted by molar-refractivity contribution is 8.00. The molecule has 3 nitrogen and oxygen atoms in total. The van der Waals surface area contributed by atoms with Crippen molar-refractivity contribution in [3.8, 4) is 0 Å². The highest BCUT2D eigenvalue weighted by atomic mass is 32.2. The second kappa shape index (κ2) is 4.57. The SMILES string of the molecule is CC(C)C1CCC2(CC1)NC(C(=O)O)CS2. The minimum absolute atomic E-state index is 0.0778. The second-order valence-corrected chi connectivity index (χ2v) is 6.83. The maximum absolute atomic E-state index is 10.9. The summed E-state index contributed by atoms with van der Waals surface area (Å²) in [5.41, 5.74) is 0. The summed E-state index contributed by atoms with van der Waals surface area (Å²) >= 11 is 1.82. The molecule has 0 radical (unpaired) electrons. The summed E-state index contributed by atoms with van der Waals surface area (Å²) in [6.45, 7) is 4.58. The lowest BCUT2D eigenvalue weighted by Gasteiger charge is -2.38. The van der Waals surface area contributed by atoms with Crippen molar-refractivity contribution in [3.05, 3.63) is 0 Å². The lowest BCUT2D eigenvalue weighted by Crippen LogP contribution is -2.47. The Bertz CT molecular complexity index is 272. The number of carboxylic acids is 1. The van der Waals surface area contributed by atoms with Gasteiger partial charge in [0.2, 0.25) is 0 Å². The van der Waals surface area contributed by atoms with E-state index in [2.05, 4.69) is 19.2 Å². The predicted molar refractivity (Wildman–Crippen MR) is 66.5 cm³/mol. The van der Waals surface area contributed by atoms with E-state index in [-0.39, 0.29) is 10.9 Å². The molecule has 1 spiro atoms. The third kappa shape index (κ3) is 2.38. The highest BCUT2D eigenvalue weighted by Gasteiger charge is 2.44. The lowest BCUT2D eigenvalue weighted by molar-refractivity contribution is -0.139. The van der Waals surface area contributed by atoms with Crippen LogP contribution >= 0.6 is 11.8 Å². The van der Waals surface area contributed by atoms with Crippen molar-refractivity contribution in [2.45, 2.75) is 50.4 Å². The van der Waals surface area contributed by atoms with Gasteiger partial charge in [-0.3, -0.25) is 10.1 Å². The number of rotatable bonds is 2. The highest BCUT2D eigenvalue weighted by Crippen LogP contribution is 2.45. The summed E-state index contributed by atoms with van der Waals surface area (Å²) in [6, 6.07) is -0.333. The molecule has 1 saturated carbocycles. The Labute approximate surface area is 101 Å². The first kappa shape index (κ1) is 12.2. The van der Waals surface area contributed by atoms with E-state index >= 15 is 0 Å². The maximum Gasteiger partial charge on any atom is 0.321 e. The molecule has 2 N–H and O–H groups in total. The van der Waals surface area contributed by atoms with Crippen LogP contribution in [0.4, 0.5) is 0 Å². The van der Waals surface area contributed by atoms with Gasteiger partial charge >= 0.3 is 5.97 Å². The predicted octanol–water partition coefficient (Wildman–Crippen LogP) is 2.32. The summed E-state index contributed by atoms with van der Waals surface area (Å²) in [4.78, 5) is 11.0. The van der Waals surface area contributed by atoms with E-state index in [1.807, 2.05) is 11.8 Å². The Balaban J connectivity index is 1.91. The topological polar surface area (TPSA) is 49.3 Å². The van der Waals surface area contributed by atoms with E-state index in [9.17, 15) is 4.79 Å². The van der Waals surface area contributed by atoms with Gasteiger partial charge in [0.25, 0.3) is 0 Å². The molecule has 2 aliphatic rings. The molecule has 0 amide bonds. The summed E-state index contributed by atoms with van der Waals surface area (Å²) in [5.74, 6) is 1.62. The van der Waals surface area contributed by atoms with Gasteiger partial charge in [0.15, 0.2) is 0 Å². The number of aliphatic carboxylic acids is 1. The minimum Gasteiger partial charge on any atom is -0.480 e. The first-order valence-electron chi connectivity index (χ1n) is 6.17. The van der Waals surface area contributed by atoms with Gasteiger partial charge in [-0.1, -0.05) is 13.8 Å². The van der Waals surface area contributed by atoms with Gasteiger partial charge in [0, 0.05) is 5.75 Å². The van der Waals surface area contributed by atoms with E-state index in [0.717, 1.165) is 30.4 Å². The van der Waals surface area contributed by atoms with Gasteiger partial charge in [0.1, 0.15) is 6.04 Å². The zero-order valence-corrected chi connectivity index (χ0v) is 10.8. The number of hydrogen-bond donors (Lipinski definition) is 2. The molecule has 1 atom stereocenters. The number of thioether (sulfide) groups is 1. The molecule has 4 heteroatoms. The van der Waals surface area contributed by atoms with E-state index in [4.69, 9.17) is 5.11 Å². The van der Waals surface area contributed by atoms with Crippen molar-refractivity contribution in [1.82, 2.24) is 5.32 Å². The smallest absolute Gasteiger partial charge is 0.321 e. The van der Waals surface area contributed by atoms with Crippen LogP contribution in [-0.4, -0.2) is 27.7 Å². The first-order valence-corrected chi connectivity index (χ1v) is 7.15. The summed E-state index contributed by atoms with van der Waals surface area (Å²) in [5, 5.41) is 12.3. The molecule has 2 rings (SSSR count). The summed E-state index contributed by atoms with van der Waals surface area (Å²) < 4.78 is 0. The average molecular weight is 243 g/mol. The molecule has 0 aromatic rings. The van der Waals surface area contributed by atoms with E-state index in [1.54, 1.807) is 0 Å². The molecule has 92 valence electrons. The van der Waals surface area contributed by atoms with Gasteiger partial charge in [-0.15, -0.1) is 11.8 Å². The van der Waals surface area contributed by atoms with Crippen molar-refractivity contribution >= 4 is 17.7 Å². The van der Waals surface area contributed by atoms with Crippen LogP contribution in [0, 0.1) is 11.8 Å². The number of carbonyl (C=O) groups is 1. The fraction of sp³-hybridized carbons (Fsp3) is 0.917. The molecular formula is C12H21NO2S. The van der Waals surface area contributed by atoms with Crippen LogP contribution < -0.4 is 5.32 Å². The van der Waals surface area contributed by atoms with Crippen LogP contribution in [0.1, 0.15) is 39.5 Å². The summed E-state index contributed by atoms with van der Waals surface area (Å²) in [7, 11) is 0. The van der Waals surface area contributed by atoms with Crippen LogP contribution in [0.2, 0.25) is 0 Å². The molecule has 2 fully saturated rings. The monoisotopic (exact) mass is 243 g/mol. The largest absolute Gasteiger partial charge is 0.480 e. The molecule has 1 heterocycles. The second-order valence-electron chi connectivity index (χ2n) is 5.42. The molecule has 1 unspecified atom stereocenters. The van der Waals surface area contributed by atoms with Gasteiger partial charge in [0.05, 0.1) is 4.87 Å². The zero-order valence-electron chi connectivity index (χ0n) is 10.0.